The number of ketones is 1. The fourth-order valence-corrected chi connectivity index (χ4v) is 4.77. The van der Waals surface area contributed by atoms with E-state index in [0.717, 1.165) is 5.69 Å². The van der Waals surface area contributed by atoms with Gasteiger partial charge in [-0.1, -0.05) is 23.7 Å². The number of hydrogen-bond donors (Lipinski definition) is 1. The van der Waals surface area contributed by atoms with Gasteiger partial charge in [-0.15, -0.1) is 0 Å². The summed E-state index contributed by atoms with van der Waals surface area (Å²) in [6.45, 7) is 0.800. The lowest BCUT2D eigenvalue weighted by Gasteiger charge is -2.26. The van der Waals surface area contributed by atoms with Crippen LogP contribution in [0.1, 0.15) is 17.2 Å². The van der Waals surface area contributed by atoms with Crippen molar-refractivity contribution in [3.8, 4) is 17.2 Å². The molecule has 0 bridgehead atoms. The Morgan fingerprint density at radius 2 is 1.70 bits per heavy atom. The molecule has 37 heavy (non-hydrogen) atoms. The molecule has 1 atom stereocenters. The Labute approximate surface area is 219 Å². The number of benzene rings is 3. The average Bonchev–Trinajstić information content (AvgIpc) is 3.18. The highest BCUT2D eigenvalue weighted by Crippen LogP contribution is 2.44. The number of ether oxygens (including phenoxy) is 3. The summed E-state index contributed by atoms with van der Waals surface area (Å²) in [6.07, 6.45) is 0. The van der Waals surface area contributed by atoms with Crippen LogP contribution in [-0.2, 0) is 9.59 Å². The van der Waals surface area contributed by atoms with Gasteiger partial charge in [0.15, 0.2) is 11.5 Å². The van der Waals surface area contributed by atoms with Gasteiger partial charge in [-0.05, 0) is 54.1 Å². The largest absolute Gasteiger partial charge is 0.507 e. The first-order chi connectivity index (χ1) is 17.8. The first kappa shape index (κ1) is 24.5. The van der Waals surface area contributed by atoms with Gasteiger partial charge in [0.1, 0.15) is 24.7 Å². The maximum atomic E-state index is 13.4. The molecule has 1 amide bonds. The lowest BCUT2D eigenvalue weighted by molar-refractivity contribution is -0.132. The predicted octanol–water partition coefficient (Wildman–Crippen LogP) is 4.81. The van der Waals surface area contributed by atoms with E-state index in [-0.39, 0.29) is 16.4 Å². The molecule has 1 unspecified atom stereocenters. The van der Waals surface area contributed by atoms with Gasteiger partial charge in [0.25, 0.3) is 11.7 Å². The van der Waals surface area contributed by atoms with Crippen LogP contribution < -0.4 is 24.0 Å². The smallest absolute Gasteiger partial charge is 0.300 e. The number of fused-ring (bicyclic) bond motifs is 1. The van der Waals surface area contributed by atoms with Crippen LogP contribution >= 0.6 is 11.6 Å². The van der Waals surface area contributed by atoms with Gasteiger partial charge in [-0.2, -0.15) is 0 Å². The molecule has 2 heterocycles. The van der Waals surface area contributed by atoms with Crippen molar-refractivity contribution in [2.24, 2.45) is 0 Å². The highest BCUT2D eigenvalue weighted by atomic mass is 35.5. The van der Waals surface area contributed by atoms with Crippen LogP contribution in [0.2, 0.25) is 5.02 Å². The number of carbonyl (C=O) groups is 2. The molecule has 9 heteroatoms. The average molecular weight is 521 g/mol. The van der Waals surface area contributed by atoms with E-state index in [1.807, 2.05) is 43.3 Å². The molecule has 0 aliphatic carbocycles. The van der Waals surface area contributed by atoms with Gasteiger partial charge in [0.05, 0.1) is 23.7 Å². The van der Waals surface area contributed by atoms with Crippen molar-refractivity contribution >= 4 is 40.4 Å². The van der Waals surface area contributed by atoms with E-state index in [1.54, 1.807) is 36.4 Å². The van der Waals surface area contributed by atoms with Crippen molar-refractivity contribution in [2.75, 3.05) is 44.2 Å². The maximum Gasteiger partial charge on any atom is 0.300 e. The minimum atomic E-state index is -0.895. The molecular weight excluding hydrogens is 496 g/mol. The van der Waals surface area contributed by atoms with Crippen LogP contribution in [0.25, 0.3) is 5.76 Å². The number of halogens is 1. The van der Waals surface area contributed by atoms with Crippen LogP contribution in [0.4, 0.5) is 11.4 Å². The van der Waals surface area contributed by atoms with E-state index >= 15 is 0 Å². The third-order valence-electron chi connectivity index (χ3n) is 6.40. The third-order valence-corrected chi connectivity index (χ3v) is 6.69. The SMILES string of the molecule is COc1ccc(N2C(=O)C(=O)/C(=C(\O)c3ccc4c(c3)OCCO4)C2c2ccc(N(C)C)cc2)cc1Cl. The summed E-state index contributed by atoms with van der Waals surface area (Å²) in [7, 11) is 5.33. The standard InChI is InChI=1S/C28H25ClN2O6/c1-30(2)18-7-4-16(5-8-18)25-24(26(32)17-6-10-22-23(14-17)37-13-12-36-22)27(33)28(34)31(25)19-9-11-21(35-3)20(29)15-19/h4-11,14-15,25,32H,12-13H2,1-3H3/b26-24-. The Hall–Kier alpha value is -4.17. The molecule has 0 spiro atoms. The molecule has 1 saturated heterocycles. The van der Waals surface area contributed by atoms with Crippen LogP contribution in [0.3, 0.4) is 0 Å². The lowest BCUT2D eigenvalue weighted by atomic mass is 9.94. The molecule has 1 fully saturated rings. The molecule has 0 radical (unpaired) electrons. The summed E-state index contributed by atoms with van der Waals surface area (Å²) in [4.78, 5) is 30.1. The van der Waals surface area contributed by atoms with Gasteiger partial charge in [-0.3, -0.25) is 14.5 Å². The summed E-state index contributed by atoms with van der Waals surface area (Å²) >= 11 is 6.36. The van der Waals surface area contributed by atoms with E-state index in [0.29, 0.717) is 47.3 Å². The predicted molar refractivity (Wildman–Crippen MR) is 141 cm³/mol. The number of anilines is 2. The van der Waals surface area contributed by atoms with Gasteiger partial charge < -0.3 is 24.2 Å². The molecule has 3 aromatic carbocycles. The van der Waals surface area contributed by atoms with Crippen LogP contribution in [0, 0.1) is 0 Å². The number of aliphatic hydroxyl groups is 1. The zero-order chi connectivity index (χ0) is 26.3. The first-order valence-corrected chi connectivity index (χ1v) is 12.0. The maximum absolute atomic E-state index is 13.4. The second-order valence-corrected chi connectivity index (χ2v) is 9.24. The fourth-order valence-electron chi connectivity index (χ4n) is 4.52. The molecule has 0 aromatic heterocycles. The number of amides is 1. The zero-order valence-corrected chi connectivity index (χ0v) is 21.3. The molecule has 190 valence electrons. The molecule has 1 N–H and O–H groups in total. The summed E-state index contributed by atoms with van der Waals surface area (Å²) in [5.74, 6) is -0.447. The van der Waals surface area contributed by atoms with E-state index in [2.05, 4.69) is 0 Å². The molecule has 2 aliphatic heterocycles. The minimum absolute atomic E-state index is 0.0359. The summed E-state index contributed by atoms with van der Waals surface area (Å²) in [5, 5.41) is 11.7. The Balaban J connectivity index is 1.68. The fraction of sp³-hybridized carbons (Fsp3) is 0.214. The van der Waals surface area contributed by atoms with Crippen molar-refractivity contribution in [1.82, 2.24) is 0 Å². The molecule has 8 nitrogen and oxygen atoms in total. The molecule has 2 aliphatic rings. The van der Waals surface area contributed by atoms with Crippen molar-refractivity contribution in [2.45, 2.75) is 6.04 Å². The first-order valence-electron chi connectivity index (χ1n) is 11.6. The monoisotopic (exact) mass is 520 g/mol. The number of hydrogen-bond acceptors (Lipinski definition) is 7. The number of carbonyl (C=O) groups excluding carboxylic acids is 2. The normalized spacial score (nSPS) is 18.2. The van der Waals surface area contributed by atoms with Crippen molar-refractivity contribution in [1.29, 1.82) is 0 Å². The van der Waals surface area contributed by atoms with Crippen molar-refractivity contribution in [3.63, 3.8) is 0 Å². The summed E-state index contributed by atoms with van der Waals surface area (Å²) in [6, 6.07) is 16.3. The zero-order valence-electron chi connectivity index (χ0n) is 20.5. The molecule has 3 aromatic rings. The minimum Gasteiger partial charge on any atom is -0.507 e. The van der Waals surface area contributed by atoms with Gasteiger partial charge >= 0.3 is 0 Å². The molecular formula is C28H25ClN2O6. The van der Waals surface area contributed by atoms with Crippen LogP contribution in [0.5, 0.6) is 17.2 Å². The van der Waals surface area contributed by atoms with Gasteiger partial charge in [0.2, 0.25) is 0 Å². The molecule has 0 saturated carbocycles. The highest BCUT2D eigenvalue weighted by molar-refractivity contribution is 6.51. The molecule has 5 rings (SSSR count). The van der Waals surface area contributed by atoms with Crippen LogP contribution in [0.15, 0.2) is 66.2 Å². The quantitative estimate of drug-likeness (QED) is 0.293. The van der Waals surface area contributed by atoms with Crippen molar-refractivity contribution in [3.05, 3.63) is 82.4 Å². The second-order valence-electron chi connectivity index (χ2n) is 8.83. The summed E-state index contributed by atoms with van der Waals surface area (Å²) in [5.41, 5.74) is 2.29. The van der Waals surface area contributed by atoms with Crippen LogP contribution in [-0.4, -0.2) is 51.2 Å². The Morgan fingerprint density at radius 1 is 1.00 bits per heavy atom. The van der Waals surface area contributed by atoms with E-state index < -0.39 is 17.7 Å². The Bertz CT molecular complexity index is 1420. The van der Waals surface area contributed by atoms with E-state index in [1.165, 1.54) is 12.0 Å². The third kappa shape index (κ3) is 4.34. The number of Topliss-reactive ketones (excluding diaryl/α,β-unsaturated/α-hetero) is 1. The number of methoxy groups -OCH3 is 1. The number of nitrogens with zero attached hydrogens (tertiary/aromatic N) is 2. The second kappa shape index (κ2) is 9.71. The van der Waals surface area contributed by atoms with Crippen molar-refractivity contribution < 1.29 is 28.9 Å². The number of rotatable bonds is 5. The Morgan fingerprint density at radius 3 is 2.35 bits per heavy atom. The topological polar surface area (TPSA) is 88.5 Å². The van der Waals surface area contributed by atoms with E-state index in [9.17, 15) is 14.7 Å². The summed E-state index contributed by atoms with van der Waals surface area (Å²) < 4.78 is 16.5. The van der Waals surface area contributed by atoms with Gasteiger partial charge in [-0.25, -0.2) is 0 Å². The lowest BCUT2D eigenvalue weighted by Crippen LogP contribution is -2.29. The van der Waals surface area contributed by atoms with E-state index in [4.69, 9.17) is 25.8 Å². The highest BCUT2D eigenvalue weighted by Gasteiger charge is 2.47. The van der Waals surface area contributed by atoms with Gasteiger partial charge in [0, 0.05) is 31.0 Å². The Kier molecular flexibility index (Phi) is 6.43. The number of aliphatic hydroxyl groups excluding tert-OH is 1.